The minimum Gasteiger partial charge on any atom is -0.462 e. The molecule has 9 heteroatoms. The summed E-state index contributed by atoms with van der Waals surface area (Å²) in [7, 11) is 0. The van der Waals surface area contributed by atoms with Gasteiger partial charge in [0.1, 0.15) is 10.8 Å². The number of carbonyl (C=O) groups is 3. The molecule has 24 heavy (non-hydrogen) atoms. The molecule has 0 saturated carbocycles. The third kappa shape index (κ3) is 4.05. The van der Waals surface area contributed by atoms with E-state index in [1.165, 1.54) is 0 Å². The number of aryl methyl sites for hydroxylation is 1. The van der Waals surface area contributed by atoms with Crippen LogP contribution in [0, 0.1) is 12.8 Å². The summed E-state index contributed by atoms with van der Waals surface area (Å²) in [6.45, 7) is 7.22. The first-order valence-electron chi connectivity index (χ1n) is 7.42. The Labute approximate surface area is 143 Å². The fourth-order valence-electron chi connectivity index (χ4n) is 2.07. The molecule has 2 heterocycles. The fourth-order valence-corrected chi connectivity index (χ4v) is 2.93. The zero-order valence-electron chi connectivity index (χ0n) is 13.4. The average Bonchev–Trinajstić information content (AvgIpc) is 2.87. The van der Waals surface area contributed by atoms with E-state index in [4.69, 9.17) is 4.74 Å². The van der Waals surface area contributed by atoms with Crippen molar-refractivity contribution in [3.8, 4) is 0 Å². The lowest BCUT2D eigenvalue weighted by Gasteiger charge is -2.19. The Morgan fingerprint density at radius 2 is 2.25 bits per heavy atom. The van der Waals surface area contributed by atoms with Gasteiger partial charge in [-0.25, -0.2) is 9.78 Å². The van der Waals surface area contributed by atoms with Crippen LogP contribution in [0.2, 0.25) is 0 Å². The molecule has 0 saturated heterocycles. The van der Waals surface area contributed by atoms with E-state index in [0.29, 0.717) is 28.5 Å². The lowest BCUT2D eigenvalue weighted by Crippen LogP contribution is -2.46. The highest BCUT2D eigenvalue weighted by atomic mass is 32.1. The number of carbonyl (C=O) groups excluding carboxylic acids is 3. The summed E-state index contributed by atoms with van der Waals surface area (Å²) in [5.74, 6) is -2.19. The Morgan fingerprint density at radius 1 is 1.50 bits per heavy atom. The van der Waals surface area contributed by atoms with Gasteiger partial charge in [-0.05, 0) is 26.7 Å². The standard InChI is InChI=1S/C15H18N4O4S/c1-4-6-7-9-11(20)17-14(18-12(9)21)19-15-16-8(3)10(24-15)13(22)23-5-2/h4,9H,1,5-7H2,2-3H3,(H2,16,17,18,19,20,21). The van der Waals surface area contributed by atoms with Crippen LogP contribution >= 0.6 is 11.3 Å². The highest BCUT2D eigenvalue weighted by molar-refractivity contribution is 7.17. The summed E-state index contributed by atoms with van der Waals surface area (Å²) < 4.78 is 4.94. The second-order valence-electron chi connectivity index (χ2n) is 4.99. The van der Waals surface area contributed by atoms with Gasteiger partial charge in [0.05, 0.1) is 12.3 Å². The molecule has 2 amide bonds. The summed E-state index contributed by atoms with van der Waals surface area (Å²) >= 11 is 1.06. The molecular formula is C15H18N4O4S. The van der Waals surface area contributed by atoms with E-state index < -0.39 is 23.7 Å². The maximum atomic E-state index is 12.0. The van der Waals surface area contributed by atoms with E-state index in [-0.39, 0.29) is 12.6 Å². The summed E-state index contributed by atoms with van der Waals surface area (Å²) in [4.78, 5) is 44.1. The highest BCUT2D eigenvalue weighted by Crippen LogP contribution is 2.24. The molecule has 1 aromatic heterocycles. The molecule has 1 aliphatic rings. The largest absolute Gasteiger partial charge is 0.462 e. The molecule has 1 unspecified atom stereocenters. The van der Waals surface area contributed by atoms with E-state index in [1.54, 1.807) is 19.9 Å². The molecule has 8 nitrogen and oxygen atoms in total. The molecule has 0 fully saturated rings. The van der Waals surface area contributed by atoms with Crippen molar-refractivity contribution in [2.45, 2.75) is 26.7 Å². The van der Waals surface area contributed by atoms with Crippen molar-refractivity contribution < 1.29 is 19.1 Å². The number of allylic oxidation sites excluding steroid dienone is 1. The molecule has 1 atom stereocenters. The lowest BCUT2D eigenvalue weighted by molar-refractivity contribution is -0.133. The van der Waals surface area contributed by atoms with Crippen molar-refractivity contribution >= 4 is 40.2 Å². The van der Waals surface area contributed by atoms with E-state index in [1.807, 2.05) is 0 Å². The Balaban J connectivity index is 2.10. The predicted octanol–water partition coefficient (Wildman–Crippen LogP) is 1.63. The Kier molecular flexibility index (Phi) is 5.80. The van der Waals surface area contributed by atoms with Crippen LogP contribution in [0.5, 0.6) is 0 Å². The van der Waals surface area contributed by atoms with Crippen LogP contribution in [0.1, 0.15) is 35.1 Å². The van der Waals surface area contributed by atoms with Gasteiger partial charge in [0.15, 0.2) is 5.13 Å². The number of nitrogens with one attached hydrogen (secondary N) is 2. The van der Waals surface area contributed by atoms with E-state index in [2.05, 4.69) is 27.2 Å². The molecule has 2 N–H and O–H groups in total. The van der Waals surface area contributed by atoms with Gasteiger partial charge < -0.3 is 10.1 Å². The molecule has 0 radical (unpaired) electrons. The third-order valence-electron chi connectivity index (χ3n) is 3.22. The van der Waals surface area contributed by atoms with Crippen LogP contribution in [0.15, 0.2) is 17.6 Å². The number of aromatic nitrogens is 1. The maximum absolute atomic E-state index is 12.0. The number of anilines is 1. The van der Waals surface area contributed by atoms with Crippen molar-refractivity contribution in [2.75, 3.05) is 11.9 Å². The summed E-state index contributed by atoms with van der Waals surface area (Å²) in [5, 5.41) is 5.63. The van der Waals surface area contributed by atoms with Gasteiger partial charge in [-0.2, -0.15) is 4.99 Å². The first-order valence-corrected chi connectivity index (χ1v) is 8.23. The normalized spacial score (nSPS) is 17.1. The quantitative estimate of drug-likeness (QED) is 0.458. The zero-order chi connectivity index (χ0) is 17.7. The zero-order valence-corrected chi connectivity index (χ0v) is 14.2. The van der Waals surface area contributed by atoms with Crippen LogP contribution in [0.3, 0.4) is 0 Å². The summed E-state index contributed by atoms with van der Waals surface area (Å²) in [6, 6.07) is 0. The molecule has 0 aromatic carbocycles. The third-order valence-corrected chi connectivity index (χ3v) is 4.27. The monoisotopic (exact) mass is 350 g/mol. The Hall–Kier alpha value is -2.55. The van der Waals surface area contributed by atoms with Crippen molar-refractivity contribution in [1.29, 1.82) is 0 Å². The van der Waals surface area contributed by atoms with Crippen molar-refractivity contribution in [3.05, 3.63) is 23.2 Å². The predicted molar refractivity (Wildman–Crippen MR) is 89.9 cm³/mol. The van der Waals surface area contributed by atoms with Gasteiger partial charge in [-0.3, -0.25) is 14.9 Å². The van der Waals surface area contributed by atoms with Gasteiger partial charge in [-0.15, -0.1) is 6.58 Å². The van der Waals surface area contributed by atoms with Crippen molar-refractivity contribution in [1.82, 2.24) is 10.3 Å². The maximum Gasteiger partial charge on any atom is 0.350 e. The molecule has 128 valence electrons. The van der Waals surface area contributed by atoms with Gasteiger partial charge in [0.2, 0.25) is 11.9 Å². The van der Waals surface area contributed by atoms with Crippen LogP contribution in [0.4, 0.5) is 5.13 Å². The lowest BCUT2D eigenvalue weighted by atomic mass is 10.0. The van der Waals surface area contributed by atoms with Crippen LogP contribution in [0.25, 0.3) is 0 Å². The number of nitrogens with zero attached hydrogens (tertiary/aromatic N) is 2. The number of aliphatic imine (C=N–C) groups is 1. The van der Waals surface area contributed by atoms with E-state index in [9.17, 15) is 14.4 Å². The molecule has 1 aromatic rings. The Bertz CT molecular complexity index is 710. The van der Waals surface area contributed by atoms with Gasteiger partial charge in [-0.1, -0.05) is 17.4 Å². The minimum atomic E-state index is -0.804. The first kappa shape index (κ1) is 17.8. The number of amides is 2. The number of esters is 1. The van der Waals surface area contributed by atoms with E-state index in [0.717, 1.165) is 11.3 Å². The number of hydrogen-bond donors (Lipinski definition) is 2. The topological polar surface area (TPSA) is 110 Å². The number of ether oxygens (including phenoxy) is 1. The van der Waals surface area contributed by atoms with Gasteiger partial charge in [0.25, 0.3) is 5.91 Å². The molecule has 2 rings (SSSR count). The number of hydrogen-bond acceptors (Lipinski definition) is 7. The summed E-state index contributed by atoms with van der Waals surface area (Å²) in [5.41, 5.74) is 0.499. The molecular weight excluding hydrogens is 332 g/mol. The second-order valence-corrected chi connectivity index (χ2v) is 5.98. The SMILES string of the molecule is C=CCCC1C(=O)N=C(Nc2nc(C)c(C(=O)OCC)s2)NC1=O. The minimum absolute atomic E-state index is 0.00371. The molecule has 0 aliphatic carbocycles. The molecule has 0 spiro atoms. The number of guanidine groups is 1. The first-order chi connectivity index (χ1) is 11.5. The van der Waals surface area contributed by atoms with Crippen molar-refractivity contribution in [3.63, 3.8) is 0 Å². The van der Waals surface area contributed by atoms with Crippen LogP contribution < -0.4 is 10.6 Å². The highest BCUT2D eigenvalue weighted by Gasteiger charge is 2.31. The fraction of sp³-hybridized carbons (Fsp3) is 0.400. The molecule has 1 aliphatic heterocycles. The number of rotatable bonds is 6. The second kappa shape index (κ2) is 7.82. The molecule has 0 bridgehead atoms. The summed E-state index contributed by atoms with van der Waals surface area (Å²) in [6.07, 6.45) is 2.57. The van der Waals surface area contributed by atoms with Crippen LogP contribution in [-0.2, 0) is 14.3 Å². The Morgan fingerprint density at radius 3 is 2.88 bits per heavy atom. The smallest absolute Gasteiger partial charge is 0.350 e. The van der Waals surface area contributed by atoms with E-state index >= 15 is 0 Å². The van der Waals surface area contributed by atoms with Crippen molar-refractivity contribution in [2.24, 2.45) is 10.9 Å². The van der Waals surface area contributed by atoms with Gasteiger partial charge in [0, 0.05) is 0 Å². The van der Waals surface area contributed by atoms with Crippen LogP contribution in [-0.4, -0.2) is 35.3 Å². The average molecular weight is 350 g/mol. The van der Waals surface area contributed by atoms with Gasteiger partial charge >= 0.3 is 5.97 Å². The number of thiazole rings is 1.